The van der Waals surface area contributed by atoms with E-state index in [1.165, 1.54) is 12.8 Å². The molecule has 1 aromatic heterocycles. The number of aliphatic hydroxyl groups is 1. The monoisotopic (exact) mass is 266 g/mol. The molecule has 1 aliphatic heterocycles. The van der Waals surface area contributed by atoms with Gasteiger partial charge in [-0.1, -0.05) is 5.21 Å². The highest BCUT2D eigenvalue weighted by Gasteiger charge is 2.29. The van der Waals surface area contributed by atoms with Crippen molar-refractivity contribution in [3.63, 3.8) is 0 Å². The summed E-state index contributed by atoms with van der Waals surface area (Å²) < 4.78 is 7.70. The van der Waals surface area contributed by atoms with Gasteiger partial charge in [0.2, 0.25) is 0 Å². The molecule has 6 heteroatoms. The molecule has 3 N–H and O–H groups in total. The molecule has 0 spiro atoms. The van der Waals surface area contributed by atoms with Gasteiger partial charge in [-0.05, 0) is 32.1 Å². The standard InChI is InChI=1S/C13H22N4O2/c14-11-4-3-10(19-13(11)8-18)5-6-17-7-12(15-16-17)9-1-2-9/h7,9-11,13,18H,1-6,8,14H2/t10-,11-,13-/m1/s1. The Hall–Kier alpha value is -0.980. The maximum Gasteiger partial charge on any atom is 0.0959 e. The van der Waals surface area contributed by atoms with Crippen LogP contribution in [0.3, 0.4) is 0 Å². The zero-order valence-corrected chi connectivity index (χ0v) is 11.1. The summed E-state index contributed by atoms with van der Waals surface area (Å²) in [5, 5.41) is 17.6. The topological polar surface area (TPSA) is 86.2 Å². The highest BCUT2D eigenvalue weighted by Crippen LogP contribution is 2.38. The van der Waals surface area contributed by atoms with E-state index in [0.29, 0.717) is 5.92 Å². The lowest BCUT2D eigenvalue weighted by molar-refractivity contribution is -0.0861. The average molecular weight is 266 g/mol. The second-order valence-corrected chi connectivity index (χ2v) is 5.69. The molecule has 19 heavy (non-hydrogen) atoms. The number of rotatable bonds is 5. The molecule has 0 aromatic carbocycles. The molecule has 0 amide bonds. The van der Waals surface area contributed by atoms with E-state index < -0.39 is 0 Å². The van der Waals surface area contributed by atoms with Gasteiger partial charge in [-0.3, -0.25) is 4.68 Å². The number of nitrogens with two attached hydrogens (primary N) is 1. The third-order valence-corrected chi connectivity index (χ3v) is 4.08. The summed E-state index contributed by atoms with van der Waals surface area (Å²) in [7, 11) is 0. The van der Waals surface area contributed by atoms with E-state index in [2.05, 4.69) is 16.5 Å². The second-order valence-electron chi connectivity index (χ2n) is 5.69. The Morgan fingerprint density at radius 2 is 2.21 bits per heavy atom. The quantitative estimate of drug-likeness (QED) is 0.806. The lowest BCUT2D eigenvalue weighted by atomic mass is 9.98. The lowest BCUT2D eigenvalue weighted by Crippen LogP contribution is -2.46. The molecule has 3 rings (SSSR count). The van der Waals surface area contributed by atoms with Crippen LogP contribution in [0, 0.1) is 0 Å². The van der Waals surface area contributed by atoms with Crippen molar-refractivity contribution in [2.75, 3.05) is 6.61 Å². The number of hydrogen-bond acceptors (Lipinski definition) is 5. The maximum absolute atomic E-state index is 9.20. The van der Waals surface area contributed by atoms with E-state index in [4.69, 9.17) is 10.5 Å². The van der Waals surface area contributed by atoms with Gasteiger partial charge in [-0.15, -0.1) is 5.10 Å². The second kappa shape index (κ2) is 5.56. The molecule has 6 nitrogen and oxygen atoms in total. The van der Waals surface area contributed by atoms with E-state index in [1.807, 2.05) is 4.68 Å². The van der Waals surface area contributed by atoms with Gasteiger partial charge in [0.15, 0.2) is 0 Å². The number of aliphatic hydroxyl groups excluding tert-OH is 1. The fraction of sp³-hybridized carbons (Fsp3) is 0.846. The molecule has 2 aliphatic rings. The van der Waals surface area contributed by atoms with Crippen LogP contribution in [0.2, 0.25) is 0 Å². The van der Waals surface area contributed by atoms with Gasteiger partial charge in [-0.2, -0.15) is 0 Å². The van der Waals surface area contributed by atoms with Crippen LogP contribution in [0.4, 0.5) is 0 Å². The molecule has 2 heterocycles. The molecule has 2 fully saturated rings. The number of aryl methyl sites for hydroxylation is 1. The van der Waals surface area contributed by atoms with Crippen molar-refractivity contribution >= 4 is 0 Å². The first kappa shape index (κ1) is 13.0. The van der Waals surface area contributed by atoms with Crippen LogP contribution in [0.1, 0.15) is 43.7 Å². The molecule has 1 aliphatic carbocycles. The summed E-state index contributed by atoms with van der Waals surface area (Å²) >= 11 is 0. The summed E-state index contributed by atoms with van der Waals surface area (Å²) in [6.45, 7) is 0.824. The summed E-state index contributed by atoms with van der Waals surface area (Å²) in [5.41, 5.74) is 7.01. The predicted octanol–water partition coefficient (Wildman–Crippen LogP) is 0.413. The molecule has 1 aromatic rings. The Balaban J connectivity index is 1.48. The van der Waals surface area contributed by atoms with Crippen molar-refractivity contribution in [3.8, 4) is 0 Å². The van der Waals surface area contributed by atoms with E-state index in [-0.39, 0.29) is 24.9 Å². The Morgan fingerprint density at radius 1 is 1.37 bits per heavy atom. The number of nitrogens with zero attached hydrogens (tertiary/aromatic N) is 3. The molecule has 0 unspecified atom stereocenters. The van der Waals surface area contributed by atoms with Gasteiger partial charge in [0.25, 0.3) is 0 Å². The molecular formula is C13H22N4O2. The first-order valence-electron chi connectivity index (χ1n) is 7.18. The third kappa shape index (κ3) is 3.13. The van der Waals surface area contributed by atoms with Crippen molar-refractivity contribution in [3.05, 3.63) is 11.9 Å². The van der Waals surface area contributed by atoms with Crippen LogP contribution in [-0.4, -0.2) is 45.0 Å². The summed E-state index contributed by atoms with van der Waals surface area (Å²) in [6, 6.07) is -0.0333. The summed E-state index contributed by atoms with van der Waals surface area (Å²) in [6.07, 6.45) is 7.29. The minimum absolute atomic E-state index is 0.00677. The fourth-order valence-electron chi connectivity index (χ4n) is 2.64. The first-order valence-corrected chi connectivity index (χ1v) is 7.18. The summed E-state index contributed by atoms with van der Waals surface area (Å²) in [5.74, 6) is 0.649. The van der Waals surface area contributed by atoms with Crippen LogP contribution in [0.25, 0.3) is 0 Å². The molecule has 1 saturated carbocycles. The normalized spacial score (nSPS) is 31.6. The highest BCUT2D eigenvalue weighted by molar-refractivity contribution is 5.08. The predicted molar refractivity (Wildman–Crippen MR) is 69.6 cm³/mol. The zero-order chi connectivity index (χ0) is 13.2. The minimum atomic E-state index is -0.212. The number of aromatic nitrogens is 3. The number of ether oxygens (including phenoxy) is 1. The largest absolute Gasteiger partial charge is 0.394 e. The van der Waals surface area contributed by atoms with Crippen molar-refractivity contribution in [1.29, 1.82) is 0 Å². The summed E-state index contributed by atoms with van der Waals surface area (Å²) in [4.78, 5) is 0. The Bertz CT molecular complexity index is 419. The van der Waals surface area contributed by atoms with Crippen LogP contribution >= 0.6 is 0 Å². The third-order valence-electron chi connectivity index (χ3n) is 4.08. The molecular weight excluding hydrogens is 244 g/mol. The zero-order valence-electron chi connectivity index (χ0n) is 11.1. The highest BCUT2D eigenvalue weighted by atomic mass is 16.5. The SMILES string of the molecule is N[C@@H]1CC[C@H](CCn2cc(C3CC3)nn2)O[C@@H]1CO. The van der Waals surface area contributed by atoms with Crippen LogP contribution in [0.15, 0.2) is 6.20 Å². The van der Waals surface area contributed by atoms with Crippen LogP contribution in [0.5, 0.6) is 0 Å². The minimum Gasteiger partial charge on any atom is -0.394 e. The van der Waals surface area contributed by atoms with Crippen LogP contribution < -0.4 is 5.73 Å². The van der Waals surface area contributed by atoms with Gasteiger partial charge in [0, 0.05) is 24.7 Å². The number of hydrogen-bond donors (Lipinski definition) is 2. The van der Waals surface area contributed by atoms with Gasteiger partial charge >= 0.3 is 0 Å². The lowest BCUT2D eigenvalue weighted by Gasteiger charge is -2.33. The van der Waals surface area contributed by atoms with Crippen molar-refractivity contribution < 1.29 is 9.84 Å². The Labute approximate surface area is 112 Å². The molecule has 0 bridgehead atoms. The van der Waals surface area contributed by atoms with Gasteiger partial charge in [0.05, 0.1) is 24.5 Å². The average Bonchev–Trinajstić information content (AvgIpc) is 3.17. The van der Waals surface area contributed by atoms with Gasteiger partial charge in [-0.25, -0.2) is 0 Å². The van der Waals surface area contributed by atoms with E-state index in [0.717, 1.165) is 31.5 Å². The molecule has 106 valence electrons. The molecule has 3 atom stereocenters. The van der Waals surface area contributed by atoms with Crippen molar-refractivity contribution in [2.45, 2.75) is 62.8 Å². The van der Waals surface area contributed by atoms with Crippen molar-refractivity contribution in [2.24, 2.45) is 5.73 Å². The first-order chi connectivity index (χ1) is 9.26. The molecule has 1 saturated heterocycles. The van der Waals surface area contributed by atoms with Crippen LogP contribution in [-0.2, 0) is 11.3 Å². The van der Waals surface area contributed by atoms with Crippen molar-refractivity contribution in [1.82, 2.24) is 15.0 Å². The van der Waals surface area contributed by atoms with E-state index in [1.54, 1.807) is 0 Å². The smallest absolute Gasteiger partial charge is 0.0959 e. The molecule has 0 radical (unpaired) electrons. The van der Waals surface area contributed by atoms with Gasteiger partial charge in [0.1, 0.15) is 0 Å². The Morgan fingerprint density at radius 3 is 2.95 bits per heavy atom. The van der Waals surface area contributed by atoms with Gasteiger partial charge < -0.3 is 15.6 Å². The fourth-order valence-corrected chi connectivity index (χ4v) is 2.64. The Kier molecular flexibility index (Phi) is 3.81. The maximum atomic E-state index is 9.20. The van der Waals surface area contributed by atoms with E-state index in [9.17, 15) is 5.11 Å². The van der Waals surface area contributed by atoms with E-state index >= 15 is 0 Å².